The van der Waals surface area contributed by atoms with Crippen LogP contribution in [0.5, 0.6) is 0 Å². The molecule has 1 spiro atoms. The second kappa shape index (κ2) is 2.70. The molecular weight excluding hydrogens is 171 g/mol. The lowest BCUT2D eigenvalue weighted by atomic mass is 9.26. The number of nitriles is 1. The fraction of sp³-hybridized carbons (Fsp3) is 0.889. The van der Waals surface area contributed by atoms with E-state index in [9.17, 15) is 8.78 Å². The minimum atomic E-state index is -2.43. The number of alkyl halides is 2. The van der Waals surface area contributed by atoms with Crippen LogP contribution in [0.1, 0.15) is 25.7 Å². The topological polar surface area (TPSA) is 23.8 Å². The maximum atomic E-state index is 12.8. The molecule has 2 fully saturated rings. The number of nitrogens with zero attached hydrogens (tertiary/aromatic N) is 1. The summed E-state index contributed by atoms with van der Waals surface area (Å²) in [4.78, 5) is 0. The third-order valence-electron chi connectivity index (χ3n) is 3.58. The van der Waals surface area contributed by atoms with Gasteiger partial charge in [-0.3, -0.25) is 0 Å². The van der Waals surface area contributed by atoms with Gasteiger partial charge in [0.25, 0.3) is 6.71 Å². The molecule has 2 aliphatic rings. The maximum absolute atomic E-state index is 12.8. The van der Waals surface area contributed by atoms with Crippen molar-refractivity contribution in [3.63, 3.8) is 0 Å². The van der Waals surface area contributed by atoms with Crippen molar-refractivity contribution >= 4 is 6.71 Å². The monoisotopic (exact) mass is 183 g/mol. The largest absolute Gasteiger partial charge is 0.268 e. The molecule has 0 N–H and O–H groups in total. The van der Waals surface area contributed by atoms with Gasteiger partial charge in [0.2, 0.25) is 5.92 Å². The molecule has 0 aromatic carbocycles. The summed E-state index contributed by atoms with van der Waals surface area (Å²) in [5, 5.41) is 8.60. The van der Waals surface area contributed by atoms with Crippen molar-refractivity contribution in [3.05, 3.63) is 0 Å². The highest BCUT2D eigenvalue weighted by atomic mass is 19.3. The van der Waals surface area contributed by atoms with Gasteiger partial charge in [0.1, 0.15) is 0 Å². The van der Waals surface area contributed by atoms with E-state index >= 15 is 0 Å². The Balaban J connectivity index is 1.90. The Kier molecular flexibility index (Phi) is 1.87. The van der Waals surface area contributed by atoms with Crippen LogP contribution in [0.4, 0.5) is 8.78 Å². The zero-order valence-electron chi connectivity index (χ0n) is 7.52. The van der Waals surface area contributed by atoms with Crippen LogP contribution in [0.2, 0.25) is 12.6 Å². The summed E-state index contributed by atoms with van der Waals surface area (Å²) in [5.74, 6) is -0.221. The Morgan fingerprint density at radius 2 is 1.62 bits per heavy atom. The van der Waals surface area contributed by atoms with Crippen LogP contribution in [0.15, 0.2) is 0 Å². The van der Waals surface area contributed by atoms with E-state index in [4.69, 9.17) is 5.26 Å². The summed E-state index contributed by atoms with van der Waals surface area (Å²) in [6.07, 6.45) is 3.03. The molecule has 0 bridgehead atoms. The van der Waals surface area contributed by atoms with Crippen LogP contribution >= 0.6 is 0 Å². The number of hydrogen-bond acceptors (Lipinski definition) is 1. The lowest BCUT2D eigenvalue weighted by Gasteiger charge is -2.48. The van der Waals surface area contributed by atoms with Gasteiger partial charge in [-0.1, -0.05) is 12.6 Å². The van der Waals surface area contributed by atoms with Crippen molar-refractivity contribution in [1.29, 1.82) is 5.26 Å². The molecule has 0 aromatic rings. The molecule has 1 aliphatic heterocycles. The molecule has 1 heterocycles. The van der Waals surface area contributed by atoms with E-state index in [-0.39, 0.29) is 25.0 Å². The summed E-state index contributed by atoms with van der Waals surface area (Å²) in [6.45, 7) is 0.145. The molecule has 4 heteroatoms. The van der Waals surface area contributed by atoms with Crippen molar-refractivity contribution in [2.24, 2.45) is 5.41 Å². The third-order valence-corrected chi connectivity index (χ3v) is 3.58. The predicted octanol–water partition coefficient (Wildman–Crippen LogP) is 2.75. The van der Waals surface area contributed by atoms with Gasteiger partial charge >= 0.3 is 0 Å². The molecule has 1 saturated heterocycles. The number of hydrogen-bond donors (Lipinski definition) is 0. The van der Waals surface area contributed by atoms with E-state index in [1.807, 2.05) is 0 Å². The summed E-state index contributed by atoms with van der Waals surface area (Å²) in [6, 6.07) is 0. The Bertz CT molecular complexity index is 241. The van der Waals surface area contributed by atoms with Crippen molar-refractivity contribution < 1.29 is 8.78 Å². The maximum Gasteiger partial charge on any atom is 0.268 e. The molecule has 2 rings (SSSR count). The first-order valence-corrected chi connectivity index (χ1v) is 4.83. The zero-order valence-corrected chi connectivity index (χ0v) is 7.52. The fourth-order valence-electron chi connectivity index (χ4n) is 2.63. The van der Waals surface area contributed by atoms with E-state index in [2.05, 4.69) is 5.97 Å². The Morgan fingerprint density at radius 3 is 2.08 bits per heavy atom. The van der Waals surface area contributed by atoms with E-state index in [0.717, 1.165) is 12.6 Å². The average Bonchev–Trinajstić information content (AvgIpc) is 2.01. The lowest BCUT2D eigenvalue weighted by Crippen LogP contribution is -2.46. The summed E-state index contributed by atoms with van der Waals surface area (Å²) in [7, 11) is 0. The van der Waals surface area contributed by atoms with Gasteiger partial charge in [0, 0.05) is 18.8 Å². The molecule has 0 aromatic heterocycles. The molecular formula is C9H12BF2N. The van der Waals surface area contributed by atoms with Crippen LogP contribution in [-0.2, 0) is 0 Å². The SMILES string of the molecule is N#CB1CC2(CCC(F)(F)CC2)C1. The molecule has 1 nitrogen and oxygen atoms in total. The molecule has 0 radical (unpaired) electrons. The quantitative estimate of drug-likeness (QED) is 0.529. The molecule has 13 heavy (non-hydrogen) atoms. The number of halogens is 2. The molecule has 0 atom stereocenters. The van der Waals surface area contributed by atoms with Gasteiger partial charge in [-0.05, 0) is 18.3 Å². The lowest BCUT2D eigenvalue weighted by molar-refractivity contribution is -0.0631. The van der Waals surface area contributed by atoms with E-state index in [1.165, 1.54) is 0 Å². The second-order valence-corrected chi connectivity index (χ2v) is 4.59. The summed E-state index contributed by atoms with van der Waals surface area (Å²) < 4.78 is 25.6. The second-order valence-electron chi connectivity index (χ2n) is 4.59. The van der Waals surface area contributed by atoms with Gasteiger partial charge < -0.3 is 0 Å². The highest BCUT2D eigenvalue weighted by Gasteiger charge is 2.51. The van der Waals surface area contributed by atoms with Gasteiger partial charge in [0.05, 0.1) is 0 Å². The fourth-order valence-corrected chi connectivity index (χ4v) is 2.63. The summed E-state index contributed by atoms with van der Waals surface area (Å²) >= 11 is 0. The molecule has 0 amide bonds. The highest BCUT2D eigenvalue weighted by Crippen LogP contribution is 2.55. The van der Waals surface area contributed by atoms with Crippen LogP contribution in [0, 0.1) is 16.6 Å². The van der Waals surface area contributed by atoms with E-state index in [0.29, 0.717) is 12.8 Å². The third kappa shape index (κ3) is 1.57. The average molecular weight is 183 g/mol. The molecule has 1 aliphatic carbocycles. The Morgan fingerprint density at radius 1 is 1.08 bits per heavy atom. The standard InChI is InChI=1S/C9H12BF2N/c11-9(12)3-1-8(2-4-9)5-10(6-8)7-13/h1-6H2. The van der Waals surface area contributed by atoms with E-state index < -0.39 is 5.92 Å². The van der Waals surface area contributed by atoms with Gasteiger partial charge in [-0.15, -0.1) is 0 Å². The summed E-state index contributed by atoms with van der Waals surface area (Å²) in [5.41, 5.74) is 0.127. The zero-order chi connectivity index (χ0) is 9.53. The van der Waals surface area contributed by atoms with Crippen LogP contribution in [-0.4, -0.2) is 12.6 Å². The van der Waals surface area contributed by atoms with Gasteiger partial charge in [-0.2, -0.15) is 0 Å². The van der Waals surface area contributed by atoms with Crippen LogP contribution in [0.25, 0.3) is 0 Å². The first-order valence-electron chi connectivity index (χ1n) is 4.83. The van der Waals surface area contributed by atoms with Crippen LogP contribution in [0.3, 0.4) is 0 Å². The minimum absolute atomic E-state index is 0.0329. The van der Waals surface area contributed by atoms with Crippen molar-refractivity contribution in [3.8, 4) is 5.97 Å². The highest BCUT2D eigenvalue weighted by molar-refractivity contribution is 6.70. The first kappa shape index (κ1) is 8.99. The van der Waals surface area contributed by atoms with Gasteiger partial charge in [0.15, 0.2) is 0 Å². The Labute approximate surface area is 77.2 Å². The van der Waals surface area contributed by atoms with Crippen molar-refractivity contribution in [2.75, 3.05) is 0 Å². The minimum Gasteiger partial charge on any atom is -0.213 e. The Hall–Kier alpha value is -0.585. The van der Waals surface area contributed by atoms with Crippen molar-refractivity contribution in [1.82, 2.24) is 0 Å². The molecule has 70 valence electrons. The normalized spacial score (nSPS) is 29.5. The van der Waals surface area contributed by atoms with E-state index in [1.54, 1.807) is 0 Å². The molecule has 0 unspecified atom stereocenters. The smallest absolute Gasteiger partial charge is 0.213 e. The molecule has 1 saturated carbocycles. The first-order chi connectivity index (χ1) is 6.05. The number of rotatable bonds is 0. The van der Waals surface area contributed by atoms with Gasteiger partial charge in [-0.25, -0.2) is 14.0 Å². The van der Waals surface area contributed by atoms with Crippen LogP contribution < -0.4 is 0 Å². The predicted molar refractivity (Wildman–Crippen MR) is 46.8 cm³/mol. The van der Waals surface area contributed by atoms with Crippen molar-refractivity contribution in [2.45, 2.75) is 44.2 Å².